The van der Waals surface area contributed by atoms with Gasteiger partial charge in [-0.15, -0.1) is 0 Å². The Labute approximate surface area is 118 Å². The van der Waals surface area contributed by atoms with Gasteiger partial charge in [0.1, 0.15) is 0 Å². The standard InChI is InChI=1S/C16H31N3/c1-2-9-19(8-1)14-16-5-11-18(12-6-16)10-4-15-3-7-17-13-15/h15-17H,1-14H2. The Hall–Kier alpha value is -0.120. The summed E-state index contributed by atoms with van der Waals surface area (Å²) in [6, 6.07) is 0. The van der Waals surface area contributed by atoms with E-state index in [1.807, 2.05) is 0 Å². The monoisotopic (exact) mass is 265 g/mol. The molecule has 0 saturated carbocycles. The minimum Gasteiger partial charge on any atom is -0.316 e. The van der Waals surface area contributed by atoms with Gasteiger partial charge in [-0.2, -0.15) is 0 Å². The zero-order valence-corrected chi connectivity index (χ0v) is 12.4. The van der Waals surface area contributed by atoms with Crippen molar-refractivity contribution in [1.82, 2.24) is 15.1 Å². The largest absolute Gasteiger partial charge is 0.316 e. The third kappa shape index (κ3) is 4.17. The van der Waals surface area contributed by atoms with Crippen molar-refractivity contribution in [3.63, 3.8) is 0 Å². The number of piperidine rings is 1. The van der Waals surface area contributed by atoms with Crippen LogP contribution in [0.3, 0.4) is 0 Å². The molecule has 0 bridgehead atoms. The molecule has 3 fully saturated rings. The lowest BCUT2D eigenvalue weighted by molar-refractivity contribution is 0.148. The second kappa shape index (κ2) is 7.05. The van der Waals surface area contributed by atoms with Crippen LogP contribution in [0.1, 0.15) is 38.5 Å². The fraction of sp³-hybridized carbons (Fsp3) is 1.00. The van der Waals surface area contributed by atoms with E-state index in [9.17, 15) is 0 Å². The van der Waals surface area contributed by atoms with Crippen LogP contribution in [-0.4, -0.2) is 62.2 Å². The molecule has 3 heteroatoms. The summed E-state index contributed by atoms with van der Waals surface area (Å²) in [6.07, 6.45) is 8.59. The van der Waals surface area contributed by atoms with Crippen molar-refractivity contribution < 1.29 is 0 Å². The molecule has 3 aliphatic rings. The lowest BCUT2D eigenvalue weighted by Crippen LogP contribution is -2.39. The van der Waals surface area contributed by atoms with Crippen LogP contribution < -0.4 is 5.32 Å². The summed E-state index contributed by atoms with van der Waals surface area (Å²) in [5, 5.41) is 3.48. The van der Waals surface area contributed by atoms with E-state index < -0.39 is 0 Å². The minimum absolute atomic E-state index is 0.960. The van der Waals surface area contributed by atoms with Gasteiger partial charge in [0.25, 0.3) is 0 Å². The highest BCUT2D eigenvalue weighted by molar-refractivity contribution is 4.78. The van der Waals surface area contributed by atoms with Crippen molar-refractivity contribution in [3.8, 4) is 0 Å². The Morgan fingerprint density at radius 1 is 0.842 bits per heavy atom. The predicted molar refractivity (Wildman–Crippen MR) is 80.4 cm³/mol. The Bertz CT molecular complexity index is 249. The molecule has 1 atom stereocenters. The van der Waals surface area contributed by atoms with Gasteiger partial charge in [-0.25, -0.2) is 0 Å². The van der Waals surface area contributed by atoms with Crippen LogP contribution in [0.5, 0.6) is 0 Å². The lowest BCUT2D eigenvalue weighted by Gasteiger charge is -2.34. The topological polar surface area (TPSA) is 18.5 Å². The molecule has 0 amide bonds. The van der Waals surface area contributed by atoms with Crippen LogP contribution in [0.2, 0.25) is 0 Å². The number of rotatable bonds is 5. The van der Waals surface area contributed by atoms with Gasteiger partial charge in [0, 0.05) is 6.54 Å². The molecular weight excluding hydrogens is 234 g/mol. The quantitative estimate of drug-likeness (QED) is 0.818. The minimum atomic E-state index is 0.960. The van der Waals surface area contributed by atoms with E-state index >= 15 is 0 Å². The van der Waals surface area contributed by atoms with Crippen LogP contribution in [-0.2, 0) is 0 Å². The van der Waals surface area contributed by atoms with Gasteiger partial charge >= 0.3 is 0 Å². The molecule has 0 aromatic rings. The third-order valence-electron chi connectivity index (χ3n) is 5.44. The summed E-state index contributed by atoms with van der Waals surface area (Å²) in [5.74, 6) is 1.95. The van der Waals surface area contributed by atoms with Gasteiger partial charge in [0.15, 0.2) is 0 Å². The first kappa shape index (κ1) is 13.8. The maximum absolute atomic E-state index is 3.48. The van der Waals surface area contributed by atoms with Crippen LogP contribution in [0, 0.1) is 11.8 Å². The normalized spacial score (nSPS) is 31.3. The number of nitrogens with one attached hydrogen (secondary N) is 1. The van der Waals surface area contributed by atoms with Gasteiger partial charge in [-0.3, -0.25) is 0 Å². The summed E-state index contributed by atoms with van der Waals surface area (Å²) in [5.41, 5.74) is 0. The Kier molecular flexibility index (Phi) is 5.14. The summed E-state index contributed by atoms with van der Waals surface area (Å²) >= 11 is 0. The van der Waals surface area contributed by atoms with Gasteiger partial charge in [-0.05, 0) is 96.2 Å². The van der Waals surface area contributed by atoms with Gasteiger partial charge in [-0.1, -0.05) is 0 Å². The second-order valence-corrected chi connectivity index (χ2v) is 6.94. The molecule has 3 nitrogen and oxygen atoms in total. The van der Waals surface area contributed by atoms with E-state index in [1.54, 1.807) is 0 Å². The molecule has 110 valence electrons. The van der Waals surface area contributed by atoms with Gasteiger partial charge in [0.05, 0.1) is 0 Å². The zero-order valence-electron chi connectivity index (χ0n) is 12.4. The fourth-order valence-corrected chi connectivity index (χ4v) is 4.05. The maximum atomic E-state index is 3.48. The second-order valence-electron chi connectivity index (χ2n) is 6.94. The summed E-state index contributed by atoms with van der Waals surface area (Å²) in [4.78, 5) is 5.42. The van der Waals surface area contributed by atoms with Crippen LogP contribution in [0.4, 0.5) is 0 Å². The molecule has 1 unspecified atom stereocenters. The summed E-state index contributed by atoms with van der Waals surface area (Å²) < 4.78 is 0. The SMILES string of the molecule is C1CCN(CC2CCN(CCC3CCNC3)CC2)C1. The Balaban J connectivity index is 1.30. The van der Waals surface area contributed by atoms with Crippen molar-refractivity contribution in [2.45, 2.75) is 38.5 Å². The molecule has 3 rings (SSSR count). The average Bonchev–Trinajstić information content (AvgIpc) is 3.11. The predicted octanol–water partition coefficient (Wildman–Crippen LogP) is 1.79. The Morgan fingerprint density at radius 2 is 1.63 bits per heavy atom. The van der Waals surface area contributed by atoms with Crippen molar-refractivity contribution in [3.05, 3.63) is 0 Å². The summed E-state index contributed by atoms with van der Waals surface area (Å²) in [7, 11) is 0. The summed E-state index contributed by atoms with van der Waals surface area (Å²) in [6.45, 7) is 10.7. The molecule has 1 N–H and O–H groups in total. The first-order valence-electron chi connectivity index (χ1n) is 8.55. The highest BCUT2D eigenvalue weighted by Crippen LogP contribution is 2.22. The van der Waals surface area contributed by atoms with Gasteiger partial charge < -0.3 is 15.1 Å². The number of hydrogen-bond acceptors (Lipinski definition) is 3. The molecule has 0 aromatic heterocycles. The van der Waals surface area contributed by atoms with E-state index in [1.165, 1.54) is 90.9 Å². The molecule has 3 saturated heterocycles. The van der Waals surface area contributed by atoms with Crippen LogP contribution in [0.25, 0.3) is 0 Å². The van der Waals surface area contributed by atoms with Crippen molar-refractivity contribution in [2.75, 3.05) is 52.4 Å². The van der Waals surface area contributed by atoms with E-state index in [0.29, 0.717) is 0 Å². The van der Waals surface area contributed by atoms with Crippen molar-refractivity contribution in [2.24, 2.45) is 11.8 Å². The van der Waals surface area contributed by atoms with Crippen LogP contribution in [0.15, 0.2) is 0 Å². The first-order chi connectivity index (χ1) is 9.40. The molecule has 3 heterocycles. The van der Waals surface area contributed by atoms with Gasteiger partial charge in [0.2, 0.25) is 0 Å². The Morgan fingerprint density at radius 3 is 2.32 bits per heavy atom. The van der Waals surface area contributed by atoms with E-state index in [0.717, 1.165) is 11.8 Å². The van der Waals surface area contributed by atoms with E-state index in [-0.39, 0.29) is 0 Å². The first-order valence-corrected chi connectivity index (χ1v) is 8.55. The molecule has 0 aliphatic carbocycles. The molecule has 0 radical (unpaired) electrons. The number of likely N-dealkylation sites (tertiary alicyclic amines) is 2. The molecular formula is C16H31N3. The molecule has 3 aliphatic heterocycles. The number of hydrogen-bond donors (Lipinski definition) is 1. The number of nitrogens with zero attached hydrogens (tertiary/aromatic N) is 2. The fourth-order valence-electron chi connectivity index (χ4n) is 4.05. The van der Waals surface area contributed by atoms with E-state index in [2.05, 4.69) is 15.1 Å². The molecule has 0 spiro atoms. The maximum Gasteiger partial charge on any atom is 0.00106 e. The zero-order chi connectivity index (χ0) is 12.9. The van der Waals surface area contributed by atoms with E-state index in [4.69, 9.17) is 0 Å². The lowest BCUT2D eigenvalue weighted by atomic mass is 9.95. The van der Waals surface area contributed by atoms with Crippen molar-refractivity contribution >= 4 is 0 Å². The highest BCUT2D eigenvalue weighted by Gasteiger charge is 2.23. The third-order valence-corrected chi connectivity index (χ3v) is 5.44. The van der Waals surface area contributed by atoms with Crippen molar-refractivity contribution in [1.29, 1.82) is 0 Å². The molecule has 19 heavy (non-hydrogen) atoms. The highest BCUT2D eigenvalue weighted by atomic mass is 15.2. The smallest absolute Gasteiger partial charge is 0.00106 e. The average molecular weight is 265 g/mol. The molecule has 0 aromatic carbocycles. The van der Waals surface area contributed by atoms with Crippen LogP contribution >= 0.6 is 0 Å².